The average molecular weight is 552 g/mol. The molecule has 0 unspecified atom stereocenters. The van der Waals surface area contributed by atoms with Crippen LogP contribution in [0.2, 0.25) is 0 Å². The van der Waals surface area contributed by atoms with Crippen molar-refractivity contribution in [2.24, 2.45) is 5.41 Å². The first-order valence-corrected chi connectivity index (χ1v) is 14.1. The van der Waals surface area contributed by atoms with E-state index in [1.54, 1.807) is 14.2 Å². The van der Waals surface area contributed by atoms with Crippen molar-refractivity contribution >= 4 is 29.2 Å². The van der Waals surface area contributed by atoms with E-state index in [1.807, 2.05) is 81.9 Å². The molecule has 4 rings (SSSR count). The van der Waals surface area contributed by atoms with Gasteiger partial charge in [0, 0.05) is 60.1 Å². The summed E-state index contributed by atoms with van der Waals surface area (Å²) in [6, 6.07) is 5.66. The molecule has 1 fully saturated rings. The monoisotopic (exact) mass is 551 g/mol. The zero-order chi connectivity index (χ0) is 28.0. The second-order valence-corrected chi connectivity index (χ2v) is 11.3. The maximum Gasteiger partial charge on any atom is 0.318 e. The SMILES string of the molecule is COc1cc(NCc2cnc(SC)nc2NC2CC(C(=O)OC(C)(C)C)(C3=CC=CC=CN3)C2)cc(OC)c1. The van der Waals surface area contributed by atoms with Crippen molar-refractivity contribution in [1.82, 2.24) is 15.3 Å². The molecule has 208 valence electrons. The molecule has 1 aromatic heterocycles. The third kappa shape index (κ3) is 6.86. The van der Waals surface area contributed by atoms with Crippen molar-refractivity contribution in [1.29, 1.82) is 0 Å². The number of carbonyl (C=O) groups excluding carboxylic acids is 1. The van der Waals surface area contributed by atoms with Gasteiger partial charge in [0.05, 0.1) is 14.2 Å². The highest BCUT2D eigenvalue weighted by Crippen LogP contribution is 2.49. The number of hydrogen-bond acceptors (Lipinski definition) is 10. The average Bonchev–Trinajstić information content (AvgIpc) is 3.18. The van der Waals surface area contributed by atoms with E-state index < -0.39 is 11.0 Å². The summed E-state index contributed by atoms with van der Waals surface area (Å²) in [6.07, 6.45) is 14.5. The molecule has 1 aromatic carbocycles. The molecule has 9 nitrogen and oxygen atoms in total. The highest BCUT2D eigenvalue weighted by atomic mass is 32.2. The standard InChI is InChI=1S/C29H37N5O4S/c1-28(2,3)38-26(35)29(24-10-8-7-9-11-30-24)15-21(16-29)33-25-19(18-32-27(34-25)39-6)17-31-20-12-22(36-4)14-23(13-20)37-5/h7-14,18,21,30-31H,15-17H2,1-6H3,(H,32,33,34). The van der Waals surface area contributed by atoms with Crippen LogP contribution in [-0.4, -0.2) is 48.1 Å². The smallest absolute Gasteiger partial charge is 0.318 e. The largest absolute Gasteiger partial charge is 0.497 e. The summed E-state index contributed by atoms with van der Waals surface area (Å²) in [5.74, 6) is 1.91. The fourth-order valence-corrected chi connectivity index (χ4v) is 4.90. The second-order valence-electron chi connectivity index (χ2n) is 10.5. The minimum atomic E-state index is -0.769. The Morgan fingerprint density at radius 1 is 1.13 bits per heavy atom. The lowest BCUT2D eigenvalue weighted by Gasteiger charge is -2.48. The van der Waals surface area contributed by atoms with Gasteiger partial charge in [0.25, 0.3) is 0 Å². The molecule has 10 heteroatoms. The van der Waals surface area contributed by atoms with Crippen LogP contribution in [0.15, 0.2) is 65.8 Å². The molecule has 2 aliphatic rings. The van der Waals surface area contributed by atoms with Crippen molar-refractivity contribution in [2.45, 2.75) is 57.0 Å². The van der Waals surface area contributed by atoms with Crippen LogP contribution < -0.4 is 25.4 Å². The zero-order valence-electron chi connectivity index (χ0n) is 23.3. The van der Waals surface area contributed by atoms with Crippen LogP contribution in [0.3, 0.4) is 0 Å². The van der Waals surface area contributed by atoms with Gasteiger partial charge in [0.2, 0.25) is 0 Å². The summed E-state index contributed by atoms with van der Waals surface area (Å²) in [6.45, 7) is 6.16. The van der Waals surface area contributed by atoms with E-state index in [-0.39, 0.29) is 12.0 Å². The van der Waals surface area contributed by atoms with Crippen LogP contribution in [0.1, 0.15) is 39.2 Å². The molecule has 3 N–H and O–H groups in total. The van der Waals surface area contributed by atoms with Crippen molar-refractivity contribution < 1.29 is 19.0 Å². The number of anilines is 2. The molecule has 0 radical (unpaired) electrons. The van der Waals surface area contributed by atoms with Crippen molar-refractivity contribution in [2.75, 3.05) is 31.1 Å². The molecule has 0 saturated heterocycles. The lowest BCUT2D eigenvalue weighted by atomic mass is 9.63. The molecule has 0 spiro atoms. The predicted molar refractivity (Wildman–Crippen MR) is 155 cm³/mol. The van der Waals surface area contributed by atoms with Gasteiger partial charge in [-0.15, -0.1) is 0 Å². The van der Waals surface area contributed by atoms with Crippen LogP contribution in [0.25, 0.3) is 0 Å². The third-order valence-electron chi connectivity index (χ3n) is 6.52. The number of allylic oxidation sites excluding steroid dienone is 4. The minimum absolute atomic E-state index is 0.0247. The van der Waals surface area contributed by atoms with E-state index in [0.717, 1.165) is 22.8 Å². The summed E-state index contributed by atoms with van der Waals surface area (Å²) in [5, 5.41) is 11.0. The Kier molecular flexibility index (Phi) is 8.74. The first-order valence-electron chi connectivity index (χ1n) is 12.8. The number of rotatable bonds is 10. The van der Waals surface area contributed by atoms with Crippen LogP contribution in [0, 0.1) is 5.41 Å². The van der Waals surface area contributed by atoms with Gasteiger partial charge in [-0.25, -0.2) is 9.97 Å². The van der Waals surface area contributed by atoms with E-state index in [2.05, 4.69) is 20.9 Å². The van der Waals surface area contributed by atoms with Crippen LogP contribution in [0.4, 0.5) is 11.5 Å². The normalized spacial score (nSPS) is 20.2. The Bertz CT molecular complexity index is 1260. The zero-order valence-corrected chi connectivity index (χ0v) is 24.1. The number of carbonyl (C=O) groups is 1. The predicted octanol–water partition coefficient (Wildman–Crippen LogP) is 5.29. The number of nitrogens with one attached hydrogen (secondary N) is 3. The first kappa shape index (κ1) is 28.4. The molecule has 1 aliphatic carbocycles. The number of benzene rings is 1. The minimum Gasteiger partial charge on any atom is -0.497 e. The van der Waals surface area contributed by atoms with Gasteiger partial charge in [0.1, 0.15) is 28.3 Å². The molecule has 2 heterocycles. The lowest BCUT2D eigenvalue weighted by Crippen LogP contribution is -2.55. The molecule has 1 aliphatic heterocycles. The number of nitrogens with zero attached hydrogens (tertiary/aromatic N) is 2. The molecule has 0 bridgehead atoms. The topological polar surface area (TPSA) is 107 Å². The number of aromatic nitrogens is 2. The number of hydrogen-bond donors (Lipinski definition) is 3. The van der Waals surface area contributed by atoms with Gasteiger partial charge >= 0.3 is 5.97 Å². The van der Waals surface area contributed by atoms with Gasteiger partial charge in [-0.2, -0.15) is 0 Å². The number of ether oxygens (including phenoxy) is 3. The lowest BCUT2D eigenvalue weighted by molar-refractivity contribution is -0.170. The molecule has 39 heavy (non-hydrogen) atoms. The van der Waals surface area contributed by atoms with Gasteiger partial charge in [0.15, 0.2) is 5.16 Å². The fourth-order valence-electron chi connectivity index (χ4n) is 4.55. The first-order chi connectivity index (χ1) is 18.7. The Morgan fingerprint density at radius 3 is 2.49 bits per heavy atom. The van der Waals surface area contributed by atoms with Crippen molar-refractivity contribution in [3.8, 4) is 11.5 Å². The second kappa shape index (κ2) is 12.0. The Labute approximate surface area is 234 Å². The van der Waals surface area contributed by atoms with Gasteiger partial charge in [-0.1, -0.05) is 23.9 Å². The van der Waals surface area contributed by atoms with Gasteiger partial charge in [-0.05, 0) is 52.0 Å². The van der Waals surface area contributed by atoms with E-state index in [4.69, 9.17) is 19.2 Å². The fraction of sp³-hybridized carbons (Fsp3) is 0.414. The van der Waals surface area contributed by atoms with Gasteiger partial charge < -0.3 is 30.2 Å². The molecule has 0 atom stereocenters. The van der Waals surface area contributed by atoms with E-state index >= 15 is 0 Å². The van der Waals surface area contributed by atoms with E-state index in [1.165, 1.54) is 11.8 Å². The van der Waals surface area contributed by atoms with Crippen LogP contribution in [-0.2, 0) is 16.1 Å². The maximum atomic E-state index is 13.5. The maximum absolute atomic E-state index is 13.5. The molecule has 1 saturated carbocycles. The molecule has 0 amide bonds. The summed E-state index contributed by atoms with van der Waals surface area (Å²) in [4.78, 5) is 22.7. The van der Waals surface area contributed by atoms with Crippen LogP contribution in [0.5, 0.6) is 11.5 Å². The molecular weight excluding hydrogens is 514 g/mol. The summed E-state index contributed by atoms with van der Waals surface area (Å²) in [5.41, 5.74) is 1.24. The van der Waals surface area contributed by atoms with E-state index in [9.17, 15) is 4.79 Å². The summed E-state index contributed by atoms with van der Waals surface area (Å²) < 4.78 is 16.6. The highest BCUT2D eigenvalue weighted by Gasteiger charge is 2.55. The number of thioether (sulfide) groups is 1. The Balaban J connectivity index is 1.53. The van der Waals surface area contributed by atoms with Crippen LogP contribution >= 0.6 is 11.8 Å². The number of methoxy groups -OCH3 is 2. The third-order valence-corrected chi connectivity index (χ3v) is 7.08. The number of esters is 1. The van der Waals surface area contributed by atoms with Crippen molar-refractivity contribution in [3.63, 3.8) is 0 Å². The molecule has 2 aromatic rings. The van der Waals surface area contributed by atoms with Gasteiger partial charge in [-0.3, -0.25) is 4.79 Å². The molecular formula is C29H37N5O4S. The highest BCUT2D eigenvalue weighted by molar-refractivity contribution is 7.98. The Hall–Kier alpha value is -3.66. The van der Waals surface area contributed by atoms with Crippen molar-refractivity contribution in [3.05, 3.63) is 66.2 Å². The Morgan fingerprint density at radius 2 is 1.85 bits per heavy atom. The summed E-state index contributed by atoms with van der Waals surface area (Å²) in [7, 11) is 3.25. The quantitative estimate of drug-likeness (QED) is 0.205. The summed E-state index contributed by atoms with van der Waals surface area (Å²) >= 11 is 1.48. The van der Waals surface area contributed by atoms with E-state index in [0.29, 0.717) is 36.0 Å².